The Labute approximate surface area is 131 Å². The van der Waals surface area contributed by atoms with Gasteiger partial charge in [-0.05, 0) is 24.6 Å². The van der Waals surface area contributed by atoms with Crippen LogP contribution in [0.2, 0.25) is 5.02 Å². The van der Waals surface area contributed by atoms with Crippen LogP contribution in [0.5, 0.6) is 0 Å². The number of nitrogens with one attached hydrogen (secondary N) is 1. The molecule has 0 atom stereocenters. The molecular weight excluding hydrogens is 366 g/mol. The van der Waals surface area contributed by atoms with Crippen molar-refractivity contribution in [1.82, 2.24) is 14.3 Å². The van der Waals surface area contributed by atoms with Crippen molar-refractivity contribution in [3.63, 3.8) is 0 Å². The third-order valence-corrected chi connectivity index (χ3v) is 5.07. The van der Waals surface area contributed by atoms with Gasteiger partial charge in [-0.3, -0.25) is 0 Å². The Bertz CT molecular complexity index is 674. The van der Waals surface area contributed by atoms with Crippen molar-refractivity contribution in [2.45, 2.75) is 17.9 Å². The fourth-order valence-corrected chi connectivity index (χ4v) is 3.77. The molecular formula is C12H13BrClN3O2S. The lowest BCUT2D eigenvalue weighted by molar-refractivity contribution is 0.570. The number of imidazole rings is 1. The van der Waals surface area contributed by atoms with Crippen LogP contribution in [0.3, 0.4) is 0 Å². The second kappa shape index (κ2) is 6.71. The van der Waals surface area contributed by atoms with Gasteiger partial charge < -0.3 is 4.57 Å². The third kappa shape index (κ3) is 4.05. The molecule has 1 N–H and O–H groups in total. The smallest absolute Gasteiger partial charge is 0.242 e. The number of rotatable bonds is 6. The molecule has 108 valence electrons. The normalized spacial score (nSPS) is 11.7. The maximum atomic E-state index is 12.1. The predicted molar refractivity (Wildman–Crippen MR) is 81.2 cm³/mol. The Hall–Kier alpha value is -0.890. The summed E-state index contributed by atoms with van der Waals surface area (Å²) in [6.45, 7) is 1.05. The minimum absolute atomic E-state index is 0.0880. The molecule has 8 heteroatoms. The number of benzene rings is 1. The molecule has 0 amide bonds. The van der Waals surface area contributed by atoms with Gasteiger partial charge in [-0.25, -0.2) is 18.1 Å². The van der Waals surface area contributed by atoms with E-state index in [1.165, 1.54) is 6.07 Å². The lowest BCUT2D eigenvalue weighted by atomic mass is 10.4. The van der Waals surface area contributed by atoms with E-state index in [0.29, 0.717) is 19.5 Å². The highest BCUT2D eigenvalue weighted by atomic mass is 79.9. The number of nitrogens with zero attached hydrogens (tertiary/aromatic N) is 2. The molecule has 0 saturated carbocycles. The molecule has 0 saturated heterocycles. The van der Waals surface area contributed by atoms with Crippen LogP contribution in [0.15, 0.2) is 46.3 Å². The van der Waals surface area contributed by atoms with Crippen molar-refractivity contribution in [3.05, 3.63) is 46.4 Å². The van der Waals surface area contributed by atoms with Crippen LogP contribution < -0.4 is 4.72 Å². The number of hydrogen-bond acceptors (Lipinski definition) is 3. The van der Waals surface area contributed by atoms with Crippen molar-refractivity contribution in [1.29, 1.82) is 0 Å². The van der Waals surface area contributed by atoms with Gasteiger partial charge in [0.05, 0.1) is 11.3 Å². The second-order valence-corrected chi connectivity index (χ2v) is 7.18. The zero-order chi connectivity index (χ0) is 14.6. The fourth-order valence-electron chi connectivity index (χ4n) is 1.66. The van der Waals surface area contributed by atoms with Crippen LogP contribution >= 0.6 is 27.5 Å². The molecule has 0 aliphatic carbocycles. The second-order valence-electron chi connectivity index (χ2n) is 4.13. The predicted octanol–water partition coefficient (Wildman–Crippen LogP) is 2.67. The summed E-state index contributed by atoms with van der Waals surface area (Å²) in [7, 11) is -3.58. The first-order valence-electron chi connectivity index (χ1n) is 5.89. The van der Waals surface area contributed by atoms with Crippen molar-refractivity contribution < 1.29 is 8.42 Å². The van der Waals surface area contributed by atoms with Gasteiger partial charge in [0.1, 0.15) is 4.90 Å². The van der Waals surface area contributed by atoms with E-state index in [-0.39, 0.29) is 9.92 Å². The van der Waals surface area contributed by atoms with Crippen molar-refractivity contribution in [2.24, 2.45) is 0 Å². The molecule has 0 bridgehead atoms. The molecule has 0 fully saturated rings. The Kier molecular flexibility index (Phi) is 5.20. The summed E-state index contributed by atoms with van der Waals surface area (Å²) in [6.07, 6.45) is 5.88. The fraction of sp³-hybridized carbons (Fsp3) is 0.250. The Balaban J connectivity index is 1.93. The Morgan fingerprint density at radius 3 is 2.85 bits per heavy atom. The van der Waals surface area contributed by atoms with Gasteiger partial charge in [-0.2, -0.15) is 0 Å². The first-order valence-corrected chi connectivity index (χ1v) is 8.55. The summed E-state index contributed by atoms with van der Waals surface area (Å²) in [4.78, 5) is 4.01. The van der Waals surface area contributed by atoms with E-state index in [9.17, 15) is 8.42 Å². The molecule has 1 heterocycles. The summed E-state index contributed by atoms with van der Waals surface area (Å²) in [6, 6.07) is 4.68. The number of hydrogen-bond donors (Lipinski definition) is 1. The molecule has 0 spiro atoms. The largest absolute Gasteiger partial charge is 0.337 e. The maximum absolute atomic E-state index is 12.1. The topological polar surface area (TPSA) is 64.0 Å². The molecule has 2 aromatic rings. The Morgan fingerprint density at radius 2 is 2.20 bits per heavy atom. The van der Waals surface area contributed by atoms with E-state index in [1.54, 1.807) is 24.7 Å². The molecule has 0 radical (unpaired) electrons. The van der Waals surface area contributed by atoms with Crippen molar-refractivity contribution >= 4 is 37.6 Å². The van der Waals surface area contributed by atoms with E-state index in [1.807, 2.05) is 10.8 Å². The monoisotopic (exact) mass is 377 g/mol. The minimum Gasteiger partial charge on any atom is -0.337 e. The molecule has 1 aromatic heterocycles. The number of aromatic nitrogens is 2. The standard InChI is InChI=1S/C12H13BrClN3O2S/c13-10-2-3-12(11(14)8-10)20(18,19)16-4-1-6-17-7-5-15-9-17/h2-3,5,7-9,16H,1,4,6H2. The lowest BCUT2D eigenvalue weighted by Gasteiger charge is -2.08. The third-order valence-electron chi connectivity index (χ3n) is 2.63. The highest BCUT2D eigenvalue weighted by Gasteiger charge is 2.17. The van der Waals surface area contributed by atoms with Crippen LogP contribution in [0.25, 0.3) is 0 Å². The maximum Gasteiger partial charge on any atom is 0.242 e. The highest BCUT2D eigenvalue weighted by Crippen LogP contribution is 2.24. The average molecular weight is 379 g/mol. The van der Waals surface area contributed by atoms with Gasteiger partial charge in [0.25, 0.3) is 0 Å². The first-order chi connectivity index (χ1) is 9.49. The van der Waals surface area contributed by atoms with Crippen LogP contribution in [-0.2, 0) is 16.6 Å². The number of sulfonamides is 1. The molecule has 2 rings (SSSR count). The molecule has 0 aliphatic heterocycles. The van der Waals surface area contributed by atoms with E-state index in [4.69, 9.17) is 11.6 Å². The van der Waals surface area contributed by atoms with Crippen molar-refractivity contribution in [3.8, 4) is 0 Å². The zero-order valence-corrected chi connectivity index (χ0v) is 13.6. The van der Waals surface area contributed by atoms with E-state index in [0.717, 1.165) is 4.47 Å². The quantitative estimate of drug-likeness (QED) is 0.786. The zero-order valence-electron chi connectivity index (χ0n) is 10.5. The van der Waals surface area contributed by atoms with Gasteiger partial charge in [-0.1, -0.05) is 27.5 Å². The average Bonchev–Trinajstić information content (AvgIpc) is 2.87. The van der Waals surface area contributed by atoms with E-state index >= 15 is 0 Å². The summed E-state index contributed by atoms with van der Waals surface area (Å²) in [5.41, 5.74) is 0. The van der Waals surface area contributed by atoms with Crippen molar-refractivity contribution in [2.75, 3.05) is 6.54 Å². The van der Waals surface area contributed by atoms with Gasteiger partial charge in [0, 0.05) is 30.0 Å². The molecule has 0 aliphatic rings. The van der Waals surface area contributed by atoms with Gasteiger partial charge in [0.15, 0.2) is 0 Å². The van der Waals surface area contributed by atoms with Crippen LogP contribution in [0.1, 0.15) is 6.42 Å². The van der Waals surface area contributed by atoms with Gasteiger partial charge in [0.2, 0.25) is 10.0 Å². The van der Waals surface area contributed by atoms with Crippen LogP contribution in [0.4, 0.5) is 0 Å². The first kappa shape index (κ1) is 15.5. The number of halogens is 2. The summed E-state index contributed by atoms with van der Waals surface area (Å²) in [5.74, 6) is 0. The van der Waals surface area contributed by atoms with E-state index < -0.39 is 10.0 Å². The van der Waals surface area contributed by atoms with Gasteiger partial charge in [-0.15, -0.1) is 0 Å². The van der Waals surface area contributed by atoms with E-state index in [2.05, 4.69) is 25.6 Å². The number of aryl methyl sites for hydroxylation is 1. The summed E-state index contributed by atoms with van der Waals surface area (Å²) in [5, 5.41) is 0.196. The summed E-state index contributed by atoms with van der Waals surface area (Å²) >= 11 is 9.19. The molecule has 20 heavy (non-hydrogen) atoms. The van der Waals surface area contributed by atoms with Gasteiger partial charge >= 0.3 is 0 Å². The Morgan fingerprint density at radius 1 is 1.40 bits per heavy atom. The molecule has 1 aromatic carbocycles. The SMILES string of the molecule is O=S(=O)(NCCCn1ccnc1)c1ccc(Br)cc1Cl. The van der Waals surface area contributed by atoms with Crippen LogP contribution in [0, 0.1) is 0 Å². The summed E-state index contributed by atoms with van der Waals surface area (Å²) < 4.78 is 29.4. The molecule has 5 nitrogen and oxygen atoms in total. The minimum atomic E-state index is -3.58. The highest BCUT2D eigenvalue weighted by molar-refractivity contribution is 9.10. The lowest BCUT2D eigenvalue weighted by Crippen LogP contribution is -2.25. The molecule has 0 unspecified atom stereocenters. The van der Waals surface area contributed by atoms with Crippen LogP contribution in [-0.4, -0.2) is 24.5 Å².